The lowest BCUT2D eigenvalue weighted by atomic mass is 9.73. The fraction of sp³-hybridized carbons (Fsp3) is 0.367. The van der Waals surface area contributed by atoms with Gasteiger partial charge < -0.3 is 24.5 Å². The molecule has 5 atom stereocenters. The highest BCUT2D eigenvalue weighted by Gasteiger charge is 2.75. The van der Waals surface area contributed by atoms with Gasteiger partial charge in [-0.2, -0.15) is 0 Å². The summed E-state index contributed by atoms with van der Waals surface area (Å²) in [7, 11) is 0. The quantitative estimate of drug-likeness (QED) is 0.581. The molecule has 202 valence electrons. The van der Waals surface area contributed by atoms with Crippen LogP contribution in [0.5, 0.6) is 0 Å². The van der Waals surface area contributed by atoms with Gasteiger partial charge in [0.1, 0.15) is 11.6 Å². The van der Waals surface area contributed by atoms with E-state index in [0.29, 0.717) is 23.7 Å². The molecule has 9 heteroatoms. The minimum absolute atomic E-state index is 0.0562. The molecule has 8 nitrogen and oxygen atoms in total. The Bertz CT molecular complexity index is 1380. The molecule has 2 aromatic rings. The van der Waals surface area contributed by atoms with Gasteiger partial charge in [0.05, 0.1) is 34.8 Å². The highest BCUT2D eigenvalue weighted by atomic mass is 35.5. The smallest absolute Gasteiger partial charge is 0.253 e. The molecule has 4 heterocycles. The number of β-amino-alcohol motifs (C(OH)–C–C–N with tert-alkyl or cyclic N) is 1. The molecule has 3 amide bonds. The van der Waals surface area contributed by atoms with Gasteiger partial charge in [-0.25, -0.2) is 0 Å². The number of carbonyl (C=O) groups excluding carboxylic acids is 3. The van der Waals surface area contributed by atoms with Crippen LogP contribution in [0, 0.1) is 11.8 Å². The Morgan fingerprint density at radius 1 is 0.897 bits per heavy atom. The fourth-order valence-electron chi connectivity index (χ4n) is 6.83. The SMILES string of the molecule is CC[C@@]12C=CCN(c3ccccc3)C(=O)[C@@H]1[C@H]1C(=O)N(CCO)C3C(=O)N(c4ccccc4Cl)CC=C[C@@]31O2. The summed E-state index contributed by atoms with van der Waals surface area (Å²) in [6.45, 7) is 2.11. The van der Waals surface area contributed by atoms with E-state index in [9.17, 15) is 19.5 Å². The first-order valence-corrected chi connectivity index (χ1v) is 13.7. The van der Waals surface area contributed by atoms with E-state index in [4.69, 9.17) is 16.3 Å². The maximum atomic E-state index is 14.4. The zero-order chi connectivity index (χ0) is 27.4. The van der Waals surface area contributed by atoms with Crippen LogP contribution < -0.4 is 9.80 Å². The normalized spacial score (nSPS) is 31.7. The second-order valence-corrected chi connectivity index (χ2v) is 10.8. The Balaban J connectivity index is 1.50. The summed E-state index contributed by atoms with van der Waals surface area (Å²) in [5.74, 6) is -2.76. The Morgan fingerprint density at radius 3 is 2.31 bits per heavy atom. The Hall–Kier alpha value is -3.46. The molecule has 0 bridgehead atoms. The first-order valence-electron chi connectivity index (χ1n) is 13.3. The van der Waals surface area contributed by atoms with Crippen LogP contribution in [0.4, 0.5) is 11.4 Å². The number of anilines is 2. The van der Waals surface area contributed by atoms with Crippen LogP contribution in [0.15, 0.2) is 78.9 Å². The van der Waals surface area contributed by atoms with Gasteiger partial charge in [0.15, 0.2) is 0 Å². The van der Waals surface area contributed by atoms with Crippen LogP contribution in [0.2, 0.25) is 5.02 Å². The number of aliphatic hydroxyl groups is 1. The van der Waals surface area contributed by atoms with Crippen molar-refractivity contribution in [3.05, 3.63) is 83.9 Å². The third kappa shape index (κ3) is 3.69. The van der Waals surface area contributed by atoms with Crippen LogP contribution in [0.3, 0.4) is 0 Å². The van der Waals surface area contributed by atoms with Gasteiger partial charge in [0, 0.05) is 25.3 Å². The first kappa shape index (κ1) is 25.8. The molecule has 0 aliphatic carbocycles. The number of hydrogen-bond donors (Lipinski definition) is 1. The summed E-state index contributed by atoms with van der Waals surface area (Å²) >= 11 is 6.48. The molecule has 1 unspecified atom stereocenters. The van der Waals surface area contributed by atoms with E-state index in [1.807, 2.05) is 55.5 Å². The van der Waals surface area contributed by atoms with Gasteiger partial charge >= 0.3 is 0 Å². The highest BCUT2D eigenvalue weighted by molar-refractivity contribution is 6.34. The zero-order valence-electron chi connectivity index (χ0n) is 21.6. The third-order valence-corrected chi connectivity index (χ3v) is 8.81. The fourth-order valence-corrected chi connectivity index (χ4v) is 7.07. The molecule has 6 rings (SSSR count). The topological polar surface area (TPSA) is 90.4 Å². The largest absolute Gasteiger partial charge is 0.395 e. The predicted molar refractivity (Wildman–Crippen MR) is 147 cm³/mol. The van der Waals surface area contributed by atoms with Gasteiger partial charge in [-0.15, -0.1) is 0 Å². The molecule has 4 aliphatic rings. The predicted octanol–water partition coefficient (Wildman–Crippen LogP) is 3.20. The van der Waals surface area contributed by atoms with Crippen molar-refractivity contribution in [2.45, 2.75) is 30.6 Å². The molecule has 39 heavy (non-hydrogen) atoms. The van der Waals surface area contributed by atoms with Crippen molar-refractivity contribution >= 4 is 40.7 Å². The van der Waals surface area contributed by atoms with E-state index < -0.39 is 29.1 Å². The highest BCUT2D eigenvalue weighted by Crippen LogP contribution is 2.58. The number of fused-ring (bicyclic) bond motifs is 2. The molecule has 2 aromatic carbocycles. The van der Waals surface area contributed by atoms with E-state index in [1.54, 1.807) is 40.1 Å². The molecule has 1 N–H and O–H groups in total. The summed E-state index contributed by atoms with van der Waals surface area (Å²) < 4.78 is 6.92. The number of likely N-dealkylation sites (tertiary alicyclic amines) is 1. The van der Waals surface area contributed by atoms with Crippen molar-refractivity contribution < 1.29 is 24.2 Å². The maximum Gasteiger partial charge on any atom is 0.253 e. The van der Waals surface area contributed by atoms with Gasteiger partial charge in [0.2, 0.25) is 11.8 Å². The van der Waals surface area contributed by atoms with Crippen LogP contribution in [0.1, 0.15) is 13.3 Å². The van der Waals surface area contributed by atoms with Crippen molar-refractivity contribution in [3.63, 3.8) is 0 Å². The summed E-state index contributed by atoms with van der Waals surface area (Å²) in [5, 5.41) is 10.3. The minimum atomic E-state index is -1.39. The number of benzene rings is 2. The van der Waals surface area contributed by atoms with Crippen molar-refractivity contribution in [1.82, 2.24) is 4.90 Å². The van der Waals surface area contributed by atoms with E-state index in [1.165, 1.54) is 4.90 Å². The second-order valence-electron chi connectivity index (χ2n) is 10.4. The van der Waals surface area contributed by atoms with E-state index >= 15 is 0 Å². The Morgan fingerprint density at radius 2 is 1.59 bits per heavy atom. The minimum Gasteiger partial charge on any atom is -0.395 e. The average Bonchev–Trinajstić information content (AvgIpc) is 3.22. The van der Waals surface area contributed by atoms with Crippen LogP contribution >= 0.6 is 11.6 Å². The molecule has 1 spiro atoms. The molecule has 0 saturated carbocycles. The summed E-state index contributed by atoms with van der Waals surface area (Å²) in [6.07, 6.45) is 7.88. The number of amides is 3. The number of carbonyl (C=O) groups is 3. The van der Waals surface area contributed by atoms with E-state index in [0.717, 1.165) is 5.69 Å². The lowest BCUT2D eigenvalue weighted by molar-refractivity contribution is -0.146. The monoisotopic (exact) mass is 547 g/mol. The number of hydrogen-bond acceptors (Lipinski definition) is 5. The van der Waals surface area contributed by atoms with Crippen molar-refractivity contribution in [1.29, 1.82) is 0 Å². The lowest BCUT2D eigenvalue weighted by Gasteiger charge is -2.38. The van der Waals surface area contributed by atoms with Crippen LogP contribution in [-0.4, -0.2) is 71.2 Å². The maximum absolute atomic E-state index is 14.4. The van der Waals surface area contributed by atoms with Crippen molar-refractivity contribution in [2.24, 2.45) is 11.8 Å². The summed E-state index contributed by atoms with van der Waals surface area (Å²) in [6, 6.07) is 15.3. The summed E-state index contributed by atoms with van der Waals surface area (Å²) in [5.41, 5.74) is -1.21. The number of nitrogens with zero attached hydrogens (tertiary/aromatic N) is 3. The van der Waals surface area contributed by atoms with E-state index in [2.05, 4.69) is 0 Å². The Kier molecular flexibility index (Phi) is 6.37. The number of para-hydroxylation sites is 2. The zero-order valence-corrected chi connectivity index (χ0v) is 22.3. The van der Waals surface area contributed by atoms with Gasteiger partial charge in [-0.05, 0) is 30.7 Å². The number of aliphatic hydroxyl groups excluding tert-OH is 1. The third-order valence-electron chi connectivity index (χ3n) is 8.49. The number of rotatable bonds is 5. The molecule has 0 radical (unpaired) electrons. The van der Waals surface area contributed by atoms with Crippen molar-refractivity contribution in [2.75, 3.05) is 36.0 Å². The summed E-state index contributed by atoms with van der Waals surface area (Å²) in [4.78, 5) is 47.5. The van der Waals surface area contributed by atoms with Gasteiger partial charge in [-0.3, -0.25) is 14.4 Å². The molecule has 2 saturated heterocycles. The van der Waals surface area contributed by atoms with Crippen LogP contribution in [0.25, 0.3) is 0 Å². The van der Waals surface area contributed by atoms with Gasteiger partial charge in [0.25, 0.3) is 5.91 Å². The number of halogens is 1. The van der Waals surface area contributed by atoms with Crippen molar-refractivity contribution in [3.8, 4) is 0 Å². The Labute approximate surface area is 232 Å². The standard InChI is InChI=1S/C30H30ClN3O5/c1-2-29-14-8-16-32(20-10-4-3-5-11-20)26(36)23(29)24-27(37)34(18-19-35)25-28(38)33(17-9-15-30(24,25)39-29)22-13-7-6-12-21(22)31/h3-15,23-25,35H,2,16-19H2,1H3/t23-,24-,25?,29+,30-/m0/s1. The van der Waals surface area contributed by atoms with Gasteiger partial charge in [-0.1, -0.05) is 73.2 Å². The molecule has 0 aromatic heterocycles. The molecular weight excluding hydrogens is 518 g/mol. The van der Waals surface area contributed by atoms with E-state index in [-0.39, 0.29) is 37.4 Å². The molecular formula is C30H30ClN3O5. The molecule has 2 fully saturated rings. The lowest BCUT2D eigenvalue weighted by Crippen LogP contribution is -2.56. The second kappa shape index (κ2) is 9.62. The molecule has 4 aliphatic heterocycles. The number of ether oxygens (including phenoxy) is 1. The van der Waals surface area contributed by atoms with Crippen LogP contribution in [-0.2, 0) is 19.1 Å². The first-order chi connectivity index (χ1) is 18.9. The average molecular weight is 548 g/mol.